The number of hydrogen-bond donors (Lipinski definition) is 1. The van der Waals surface area contributed by atoms with Gasteiger partial charge in [0.1, 0.15) is 11.4 Å². The van der Waals surface area contributed by atoms with Crippen molar-refractivity contribution in [3.63, 3.8) is 0 Å². The van der Waals surface area contributed by atoms with Gasteiger partial charge in [-0.25, -0.2) is 9.18 Å². The van der Waals surface area contributed by atoms with Crippen molar-refractivity contribution < 1.29 is 18.8 Å². The number of amides is 4. The van der Waals surface area contributed by atoms with Crippen molar-refractivity contribution in [3.8, 4) is 0 Å². The molecule has 0 unspecified atom stereocenters. The standard InChI is InChI=1S/C21H23FN4O3S/c22-16-7-3-2-6-15(16)14-25-12-13-30-20(25)23-17(27)8-11-26-18(28)21(24-19(26)29)9-4-1-5-10-21/h2-3,6-7,12-13H,1,4-5,8-11,14H2,(H,24,29). The highest BCUT2D eigenvalue weighted by Crippen LogP contribution is 2.33. The van der Waals surface area contributed by atoms with Crippen LogP contribution in [0.25, 0.3) is 0 Å². The van der Waals surface area contributed by atoms with E-state index in [9.17, 15) is 18.8 Å². The summed E-state index contributed by atoms with van der Waals surface area (Å²) < 4.78 is 15.6. The van der Waals surface area contributed by atoms with Crippen LogP contribution in [-0.4, -0.2) is 39.4 Å². The van der Waals surface area contributed by atoms with Crippen LogP contribution in [0.2, 0.25) is 0 Å². The van der Waals surface area contributed by atoms with Gasteiger partial charge in [-0.05, 0) is 18.9 Å². The lowest BCUT2D eigenvalue weighted by atomic mass is 9.82. The molecule has 158 valence electrons. The molecule has 2 fully saturated rings. The van der Waals surface area contributed by atoms with E-state index in [2.05, 4.69) is 10.3 Å². The fourth-order valence-corrected chi connectivity index (χ4v) is 4.81. The highest BCUT2D eigenvalue weighted by molar-refractivity contribution is 7.07. The van der Waals surface area contributed by atoms with Crippen LogP contribution < -0.4 is 10.1 Å². The SMILES string of the molecule is O=C(CCN1C(=O)NC2(CCCCC2)C1=O)N=c1sccn1Cc1ccccc1F. The number of hydrogen-bond acceptors (Lipinski definition) is 4. The quantitative estimate of drug-likeness (QED) is 0.741. The predicted molar refractivity (Wildman–Crippen MR) is 109 cm³/mol. The second-order valence-corrected chi connectivity index (χ2v) is 8.56. The molecular weight excluding hydrogens is 407 g/mol. The number of nitrogens with zero attached hydrogens (tertiary/aromatic N) is 3. The average Bonchev–Trinajstić information content (AvgIpc) is 3.25. The lowest BCUT2D eigenvalue weighted by Crippen LogP contribution is -2.48. The van der Waals surface area contributed by atoms with Gasteiger partial charge in [-0.15, -0.1) is 11.3 Å². The van der Waals surface area contributed by atoms with Crippen LogP contribution in [-0.2, 0) is 16.1 Å². The summed E-state index contributed by atoms with van der Waals surface area (Å²) in [4.78, 5) is 43.2. The molecule has 4 amide bonds. The molecule has 1 saturated heterocycles. The first-order valence-electron chi connectivity index (χ1n) is 10.1. The molecular formula is C21H23FN4O3S. The van der Waals surface area contributed by atoms with Crippen molar-refractivity contribution in [3.05, 3.63) is 52.0 Å². The minimum Gasteiger partial charge on any atom is -0.323 e. The Morgan fingerprint density at radius 3 is 2.73 bits per heavy atom. The predicted octanol–water partition coefficient (Wildman–Crippen LogP) is 2.81. The number of nitrogens with one attached hydrogen (secondary N) is 1. The Bertz CT molecular complexity index is 1040. The highest BCUT2D eigenvalue weighted by Gasteiger charge is 2.51. The molecule has 0 bridgehead atoms. The van der Waals surface area contributed by atoms with Crippen LogP contribution in [0.5, 0.6) is 0 Å². The van der Waals surface area contributed by atoms with E-state index in [-0.39, 0.29) is 31.2 Å². The molecule has 9 heteroatoms. The zero-order valence-electron chi connectivity index (χ0n) is 16.5. The van der Waals surface area contributed by atoms with Gasteiger partial charge in [0, 0.05) is 30.1 Å². The number of benzene rings is 1. The highest BCUT2D eigenvalue weighted by atomic mass is 32.1. The van der Waals surface area contributed by atoms with E-state index < -0.39 is 17.5 Å². The van der Waals surface area contributed by atoms with Crippen molar-refractivity contribution in [1.29, 1.82) is 0 Å². The zero-order valence-corrected chi connectivity index (χ0v) is 17.3. The Labute approximate surface area is 177 Å². The Morgan fingerprint density at radius 2 is 1.97 bits per heavy atom. The minimum atomic E-state index is -0.786. The largest absolute Gasteiger partial charge is 0.325 e. The van der Waals surface area contributed by atoms with Crippen LogP contribution in [0.1, 0.15) is 44.1 Å². The van der Waals surface area contributed by atoms with Gasteiger partial charge in [-0.1, -0.05) is 37.5 Å². The first-order valence-corrected chi connectivity index (χ1v) is 11.0. The van der Waals surface area contributed by atoms with E-state index >= 15 is 0 Å². The van der Waals surface area contributed by atoms with Crippen molar-refractivity contribution in [2.75, 3.05) is 6.54 Å². The first kappa shape index (κ1) is 20.5. The smallest absolute Gasteiger partial charge is 0.323 e. The van der Waals surface area contributed by atoms with Crippen molar-refractivity contribution in [1.82, 2.24) is 14.8 Å². The molecule has 1 aliphatic carbocycles. The number of halogens is 1. The Kier molecular flexibility index (Phi) is 5.80. The molecule has 1 aromatic heterocycles. The van der Waals surface area contributed by atoms with Crippen LogP contribution in [0.4, 0.5) is 9.18 Å². The third kappa shape index (κ3) is 4.07. The van der Waals surface area contributed by atoms with Crippen LogP contribution >= 0.6 is 11.3 Å². The summed E-state index contributed by atoms with van der Waals surface area (Å²) in [6, 6.07) is 6.02. The summed E-state index contributed by atoms with van der Waals surface area (Å²) in [5.74, 6) is -0.973. The van der Waals surface area contributed by atoms with Gasteiger partial charge in [-0.3, -0.25) is 14.5 Å². The molecule has 1 spiro atoms. The van der Waals surface area contributed by atoms with E-state index in [0.717, 1.165) is 24.2 Å². The van der Waals surface area contributed by atoms with Gasteiger partial charge in [0.25, 0.3) is 5.91 Å². The van der Waals surface area contributed by atoms with E-state index in [1.165, 1.54) is 17.4 Å². The van der Waals surface area contributed by atoms with E-state index in [0.29, 0.717) is 23.2 Å². The third-order valence-electron chi connectivity index (χ3n) is 5.68. The second-order valence-electron chi connectivity index (χ2n) is 7.69. The van der Waals surface area contributed by atoms with E-state index in [1.54, 1.807) is 34.3 Å². The number of aromatic nitrogens is 1. The number of urea groups is 1. The number of carbonyl (C=O) groups excluding carboxylic acids is 3. The first-order chi connectivity index (χ1) is 14.5. The monoisotopic (exact) mass is 430 g/mol. The maximum atomic E-state index is 13.9. The summed E-state index contributed by atoms with van der Waals surface area (Å²) in [6.45, 7) is 0.269. The number of thiazole rings is 1. The summed E-state index contributed by atoms with van der Waals surface area (Å²) in [5, 5.41) is 4.61. The van der Waals surface area contributed by atoms with Gasteiger partial charge < -0.3 is 9.88 Å². The lowest BCUT2D eigenvalue weighted by Gasteiger charge is -2.30. The van der Waals surface area contributed by atoms with Gasteiger partial charge in [0.2, 0.25) is 5.91 Å². The third-order valence-corrected chi connectivity index (χ3v) is 6.48. The van der Waals surface area contributed by atoms with Crippen molar-refractivity contribution in [2.45, 2.75) is 50.6 Å². The fourth-order valence-electron chi connectivity index (χ4n) is 4.06. The van der Waals surface area contributed by atoms with Gasteiger partial charge in [0.05, 0.1) is 6.54 Å². The molecule has 2 aromatic rings. The average molecular weight is 431 g/mol. The Hall–Kier alpha value is -2.81. The molecule has 30 heavy (non-hydrogen) atoms. The second kappa shape index (κ2) is 8.51. The number of carbonyl (C=O) groups is 3. The van der Waals surface area contributed by atoms with Gasteiger partial charge >= 0.3 is 6.03 Å². The molecule has 2 heterocycles. The van der Waals surface area contributed by atoms with Gasteiger partial charge in [0.15, 0.2) is 4.80 Å². The molecule has 1 N–H and O–H groups in total. The van der Waals surface area contributed by atoms with Crippen LogP contribution in [0, 0.1) is 5.82 Å². The van der Waals surface area contributed by atoms with Gasteiger partial charge in [-0.2, -0.15) is 4.99 Å². The topological polar surface area (TPSA) is 83.8 Å². The van der Waals surface area contributed by atoms with E-state index in [4.69, 9.17) is 0 Å². The number of rotatable bonds is 5. The summed E-state index contributed by atoms with van der Waals surface area (Å²) in [6.07, 6.45) is 5.88. The normalized spacial score (nSPS) is 18.8. The van der Waals surface area contributed by atoms with E-state index in [1.807, 2.05) is 0 Å². The zero-order chi connectivity index (χ0) is 21.1. The number of imide groups is 1. The van der Waals surface area contributed by atoms with Crippen molar-refractivity contribution >= 4 is 29.2 Å². The molecule has 0 radical (unpaired) electrons. The molecule has 7 nitrogen and oxygen atoms in total. The summed E-state index contributed by atoms with van der Waals surface area (Å²) >= 11 is 1.27. The lowest BCUT2D eigenvalue weighted by molar-refractivity contribution is -0.132. The van der Waals surface area contributed by atoms with Crippen LogP contribution in [0.15, 0.2) is 40.8 Å². The van der Waals surface area contributed by atoms with Crippen molar-refractivity contribution in [2.24, 2.45) is 4.99 Å². The molecule has 2 aliphatic rings. The molecule has 1 aliphatic heterocycles. The Morgan fingerprint density at radius 1 is 1.20 bits per heavy atom. The maximum Gasteiger partial charge on any atom is 0.325 e. The minimum absolute atomic E-state index is 0.00738. The summed E-state index contributed by atoms with van der Waals surface area (Å²) in [5.41, 5.74) is -0.284. The molecule has 1 aromatic carbocycles. The molecule has 0 atom stereocenters. The molecule has 1 saturated carbocycles. The summed E-state index contributed by atoms with van der Waals surface area (Å²) in [7, 11) is 0. The van der Waals surface area contributed by atoms with Crippen LogP contribution in [0.3, 0.4) is 0 Å². The fraction of sp³-hybridized carbons (Fsp3) is 0.429. The Balaban J connectivity index is 1.41. The maximum absolute atomic E-state index is 13.9. The molecule has 4 rings (SSSR count).